The van der Waals surface area contributed by atoms with Crippen LogP contribution in [0.5, 0.6) is 0 Å². The van der Waals surface area contributed by atoms with Crippen LogP contribution >= 0.6 is 0 Å². The highest BCUT2D eigenvalue weighted by Crippen LogP contribution is 2.15. The maximum absolute atomic E-state index is 13.4. The summed E-state index contributed by atoms with van der Waals surface area (Å²) in [5, 5.41) is 10.8. The Morgan fingerprint density at radius 3 is 1.35 bits per heavy atom. The van der Waals surface area contributed by atoms with Crippen molar-refractivity contribution in [2.75, 3.05) is 32.7 Å². The monoisotopic (exact) mass is 615 g/mol. The Kier molecular flexibility index (Phi) is 17.0. The number of rotatable bonds is 15. The van der Waals surface area contributed by atoms with Crippen LogP contribution in [-0.2, 0) is 23.8 Å². The van der Waals surface area contributed by atoms with Crippen molar-refractivity contribution in [3.63, 3.8) is 0 Å². The molecule has 13 heteroatoms. The molecule has 0 fully saturated rings. The normalized spacial score (nSPS) is 12.6. The third-order valence-corrected chi connectivity index (χ3v) is 5.36. The lowest BCUT2D eigenvalue weighted by atomic mass is 10.00. The van der Waals surface area contributed by atoms with E-state index in [4.69, 9.17) is 14.2 Å². The van der Waals surface area contributed by atoms with E-state index in [1.54, 1.807) is 62.3 Å². The molecule has 0 aliphatic carbocycles. The van der Waals surface area contributed by atoms with E-state index in [0.717, 1.165) is 0 Å². The molecule has 1 atom stereocenters. The van der Waals surface area contributed by atoms with Crippen LogP contribution in [0, 0.1) is 5.92 Å². The second kappa shape index (κ2) is 18.4. The second-order valence-electron chi connectivity index (χ2n) is 13.7. The smallest absolute Gasteiger partial charge is 0.407 e. The lowest BCUT2D eigenvalue weighted by molar-refractivity contribution is -0.142. The summed E-state index contributed by atoms with van der Waals surface area (Å²) in [6.45, 7) is 21.0. The fourth-order valence-corrected chi connectivity index (χ4v) is 3.77. The van der Waals surface area contributed by atoms with Crippen LogP contribution in [0.25, 0.3) is 0 Å². The molecule has 0 heterocycles. The molecular weight excluding hydrogens is 558 g/mol. The van der Waals surface area contributed by atoms with Gasteiger partial charge in [-0.2, -0.15) is 0 Å². The maximum atomic E-state index is 13.4. The summed E-state index contributed by atoms with van der Waals surface area (Å²) in [5.74, 6) is -0.765. The van der Waals surface area contributed by atoms with Gasteiger partial charge < -0.3 is 40.4 Å². The number of carbonyl (C=O) groups excluding carboxylic acids is 5. The Bertz CT molecular complexity index is 904. The van der Waals surface area contributed by atoms with Crippen LogP contribution in [0.3, 0.4) is 0 Å². The van der Waals surface area contributed by atoms with E-state index in [1.165, 1.54) is 4.90 Å². The van der Waals surface area contributed by atoms with Gasteiger partial charge in [0.1, 0.15) is 22.8 Å². The minimum Gasteiger partial charge on any atom is -0.444 e. The first kappa shape index (κ1) is 39.8. The van der Waals surface area contributed by atoms with Gasteiger partial charge in [0.05, 0.1) is 0 Å². The number of ether oxygens (including phenoxy) is 3. The standard InChI is InChI=1S/C30H57N5O8/c1-21(2)23(24(37)31-17-13-18-33-26(39)42-29(6,7)8)35(20-14-19-34-27(40)43-30(9,10)11)22(36)15-12-16-32-25(38)41-28(3,4)5/h21,23H,12-20H2,1-11H3,(H,31,37)(H,32,38)(H,33,39)(H,34,40). The first-order valence-electron chi connectivity index (χ1n) is 15.1. The number of hydrogen-bond acceptors (Lipinski definition) is 8. The topological polar surface area (TPSA) is 164 Å². The molecule has 0 saturated carbocycles. The minimum absolute atomic E-state index is 0.103. The summed E-state index contributed by atoms with van der Waals surface area (Å²) in [7, 11) is 0. The number of nitrogens with zero attached hydrogens (tertiary/aromatic N) is 1. The van der Waals surface area contributed by atoms with Crippen LogP contribution in [0.4, 0.5) is 14.4 Å². The highest BCUT2D eigenvalue weighted by Gasteiger charge is 2.32. The quantitative estimate of drug-likeness (QED) is 0.158. The Morgan fingerprint density at radius 2 is 0.953 bits per heavy atom. The molecule has 0 spiro atoms. The van der Waals surface area contributed by atoms with E-state index < -0.39 is 41.1 Å². The molecule has 4 N–H and O–H groups in total. The van der Waals surface area contributed by atoms with Crippen molar-refractivity contribution in [1.29, 1.82) is 0 Å². The average Bonchev–Trinajstić information content (AvgIpc) is 2.79. The maximum Gasteiger partial charge on any atom is 0.407 e. The highest BCUT2D eigenvalue weighted by molar-refractivity contribution is 5.88. The Hall–Kier alpha value is -3.25. The number of amides is 5. The first-order valence-corrected chi connectivity index (χ1v) is 15.1. The van der Waals surface area contributed by atoms with Crippen molar-refractivity contribution < 1.29 is 38.2 Å². The molecule has 43 heavy (non-hydrogen) atoms. The van der Waals surface area contributed by atoms with Gasteiger partial charge in [0, 0.05) is 39.1 Å². The summed E-state index contributed by atoms with van der Waals surface area (Å²) in [6, 6.07) is -0.758. The van der Waals surface area contributed by atoms with Crippen molar-refractivity contribution in [2.24, 2.45) is 5.92 Å². The molecule has 0 aromatic rings. The molecule has 0 rings (SSSR count). The van der Waals surface area contributed by atoms with Crippen LogP contribution < -0.4 is 21.3 Å². The molecule has 0 aromatic heterocycles. The summed E-state index contributed by atoms with van der Waals surface area (Å²) in [4.78, 5) is 64.0. The van der Waals surface area contributed by atoms with E-state index in [0.29, 0.717) is 32.4 Å². The van der Waals surface area contributed by atoms with Crippen molar-refractivity contribution in [3.05, 3.63) is 0 Å². The lowest BCUT2D eigenvalue weighted by Crippen LogP contribution is -2.53. The summed E-state index contributed by atoms with van der Waals surface area (Å²) in [6.07, 6.45) is -0.324. The number of carbonyl (C=O) groups is 5. The third-order valence-electron chi connectivity index (χ3n) is 5.36. The zero-order valence-electron chi connectivity index (χ0n) is 28.2. The van der Waals surface area contributed by atoms with Gasteiger partial charge in [-0.05, 0) is 87.5 Å². The van der Waals surface area contributed by atoms with E-state index in [2.05, 4.69) is 21.3 Å². The number of alkyl carbamates (subject to hydrolysis) is 3. The molecule has 0 aliphatic rings. The van der Waals surface area contributed by atoms with Gasteiger partial charge in [0.15, 0.2) is 0 Å². The van der Waals surface area contributed by atoms with E-state index >= 15 is 0 Å². The summed E-state index contributed by atoms with van der Waals surface area (Å²) >= 11 is 0. The predicted molar refractivity (Wildman–Crippen MR) is 165 cm³/mol. The largest absolute Gasteiger partial charge is 0.444 e. The van der Waals surface area contributed by atoms with Gasteiger partial charge in [-0.15, -0.1) is 0 Å². The molecule has 1 unspecified atom stereocenters. The Labute approximate surface area is 257 Å². The molecule has 0 radical (unpaired) electrons. The van der Waals surface area contributed by atoms with E-state index in [9.17, 15) is 24.0 Å². The molecule has 0 aliphatic heterocycles. The van der Waals surface area contributed by atoms with Gasteiger partial charge in [-0.3, -0.25) is 9.59 Å². The zero-order valence-corrected chi connectivity index (χ0v) is 28.2. The van der Waals surface area contributed by atoms with Gasteiger partial charge >= 0.3 is 18.3 Å². The summed E-state index contributed by atoms with van der Waals surface area (Å²) in [5.41, 5.74) is -1.87. The van der Waals surface area contributed by atoms with Crippen LogP contribution in [0.15, 0.2) is 0 Å². The molecule has 0 bridgehead atoms. The number of nitrogens with one attached hydrogen (secondary N) is 4. The zero-order chi connectivity index (χ0) is 33.4. The van der Waals surface area contributed by atoms with Crippen LogP contribution in [-0.4, -0.2) is 90.6 Å². The summed E-state index contributed by atoms with van der Waals surface area (Å²) < 4.78 is 15.7. The average molecular weight is 616 g/mol. The van der Waals surface area contributed by atoms with Crippen molar-refractivity contribution in [1.82, 2.24) is 26.2 Å². The third kappa shape index (κ3) is 21.1. The highest BCUT2D eigenvalue weighted by atomic mass is 16.6. The van der Waals surface area contributed by atoms with Gasteiger partial charge in [0.25, 0.3) is 0 Å². The van der Waals surface area contributed by atoms with Crippen molar-refractivity contribution in [3.8, 4) is 0 Å². The van der Waals surface area contributed by atoms with E-state index in [-0.39, 0.29) is 43.8 Å². The second-order valence-corrected chi connectivity index (χ2v) is 13.7. The van der Waals surface area contributed by atoms with Gasteiger partial charge in [-0.25, -0.2) is 14.4 Å². The molecule has 5 amide bonds. The fraction of sp³-hybridized carbons (Fsp3) is 0.833. The Balaban J connectivity index is 5.22. The SMILES string of the molecule is CC(C)C(C(=O)NCCCNC(=O)OC(C)(C)C)N(CCCNC(=O)OC(C)(C)C)C(=O)CCCNC(=O)OC(C)(C)C. The number of hydrogen-bond donors (Lipinski definition) is 4. The molecular formula is C30H57N5O8. The molecule has 0 saturated heterocycles. The minimum atomic E-state index is -0.758. The lowest BCUT2D eigenvalue weighted by Gasteiger charge is -2.34. The van der Waals surface area contributed by atoms with Crippen LogP contribution in [0.2, 0.25) is 0 Å². The van der Waals surface area contributed by atoms with Crippen LogP contribution in [0.1, 0.15) is 102 Å². The Morgan fingerprint density at radius 1 is 0.581 bits per heavy atom. The van der Waals surface area contributed by atoms with Crippen molar-refractivity contribution in [2.45, 2.75) is 125 Å². The van der Waals surface area contributed by atoms with Gasteiger partial charge in [0.2, 0.25) is 11.8 Å². The predicted octanol–water partition coefficient (Wildman–Crippen LogP) is 4.09. The van der Waals surface area contributed by atoms with E-state index in [1.807, 2.05) is 13.8 Å². The molecule has 0 aromatic carbocycles. The fourth-order valence-electron chi connectivity index (χ4n) is 3.77. The van der Waals surface area contributed by atoms with Gasteiger partial charge in [-0.1, -0.05) is 13.8 Å². The molecule has 13 nitrogen and oxygen atoms in total. The first-order chi connectivity index (χ1) is 19.6. The van der Waals surface area contributed by atoms with Crippen molar-refractivity contribution >= 4 is 30.1 Å². The molecule has 250 valence electrons.